The van der Waals surface area contributed by atoms with E-state index < -0.39 is 0 Å². The molecule has 1 aliphatic carbocycles. The Morgan fingerprint density at radius 1 is 1.19 bits per heavy atom. The van der Waals surface area contributed by atoms with E-state index in [-0.39, 0.29) is 23.8 Å². The molecule has 7 heteroatoms. The molecule has 26 heavy (non-hydrogen) atoms. The number of hydrogen-bond donors (Lipinski definition) is 1. The molecule has 4 rings (SSSR count). The number of rotatable bonds is 5. The van der Waals surface area contributed by atoms with Gasteiger partial charge >= 0.3 is 0 Å². The minimum atomic E-state index is -0.211. The molecule has 3 heterocycles. The van der Waals surface area contributed by atoms with Gasteiger partial charge in [0.2, 0.25) is 5.91 Å². The Bertz CT molecular complexity index is 644. The van der Waals surface area contributed by atoms with Crippen molar-refractivity contribution < 1.29 is 14.3 Å². The summed E-state index contributed by atoms with van der Waals surface area (Å²) in [6, 6.07) is 0. The molecule has 2 saturated heterocycles. The van der Waals surface area contributed by atoms with Crippen LogP contribution in [0.2, 0.25) is 0 Å². The summed E-state index contributed by atoms with van der Waals surface area (Å²) in [5.74, 6) is 0.981. The Morgan fingerprint density at radius 3 is 2.65 bits per heavy atom. The van der Waals surface area contributed by atoms with Gasteiger partial charge in [0.15, 0.2) is 0 Å². The molecule has 1 aromatic heterocycles. The van der Waals surface area contributed by atoms with Crippen molar-refractivity contribution in [2.24, 2.45) is 5.92 Å². The number of carbonyl (C=O) groups excluding carboxylic acids is 2. The van der Waals surface area contributed by atoms with Gasteiger partial charge in [-0.1, -0.05) is 6.42 Å². The Hall–Kier alpha value is -1.47. The van der Waals surface area contributed by atoms with E-state index in [1.807, 2.05) is 4.90 Å². The normalized spacial score (nSPS) is 24.5. The number of amides is 2. The van der Waals surface area contributed by atoms with E-state index in [9.17, 15) is 9.59 Å². The molecule has 1 N–H and O–H groups in total. The van der Waals surface area contributed by atoms with Crippen LogP contribution in [0.15, 0.2) is 5.38 Å². The maximum absolute atomic E-state index is 12.4. The van der Waals surface area contributed by atoms with E-state index in [0.717, 1.165) is 62.3 Å². The van der Waals surface area contributed by atoms with E-state index in [2.05, 4.69) is 10.7 Å². The molecule has 6 nitrogen and oxygen atoms in total. The second kappa shape index (κ2) is 8.05. The van der Waals surface area contributed by atoms with Crippen LogP contribution in [0.4, 0.5) is 0 Å². The van der Waals surface area contributed by atoms with Gasteiger partial charge in [-0.2, -0.15) is 0 Å². The summed E-state index contributed by atoms with van der Waals surface area (Å²) < 4.78 is 5.52. The number of likely N-dealkylation sites (tertiary alicyclic amines) is 1. The molecule has 1 aromatic rings. The van der Waals surface area contributed by atoms with E-state index >= 15 is 0 Å². The highest BCUT2D eigenvalue weighted by Crippen LogP contribution is 2.31. The van der Waals surface area contributed by atoms with Crippen LogP contribution in [0.5, 0.6) is 0 Å². The summed E-state index contributed by atoms with van der Waals surface area (Å²) >= 11 is 1.68. The molecule has 1 saturated carbocycles. The summed E-state index contributed by atoms with van der Waals surface area (Å²) in [7, 11) is 0. The van der Waals surface area contributed by atoms with Crippen molar-refractivity contribution in [3.8, 4) is 0 Å². The Morgan fingerprint density at radius 2 is 2.00 bits per heavy atom. The van der Waals surface area contributed by atoms with Gasteiger partial charge in [0, 0.05) is 36.9 Å². The van der Waals surface area contributed by atoms with Crippen molar-refractivity contribution in [1.82, 2.24) is 15.2 Å². The maximum Gasteiger partial charge on any atom is 0.251 e. The van der Waals surface area contributed by atoms with Gasteiger partial charge in [-0.3, -0.25) is 9.59 Å². The van der Waals surface area contributed by atoms with Crippen molar-refractivity contribution in [2.75, 3.05) is 19.7 Å². The topological polar surface area (TPSA) is 71.5 Å². The molecular formula is C19H27N3O3S. The van der Waals surface area contributed by atoms with Gasteiger partial charge in [-0.25, -0.2) is 4.98 Å². The monoisotopic (exact) mass is 377 g/mol. The average Bonchev–Trinajstić information content (AvgIpc) is 3.30. The van der Waals surface area contributed by atoms with Gasteiger partial charge in [-0.05, 0) is 38.5 Å². The number of nitrogens with zero attached hydrogens (tertiary/aromatic N) is 2. The van der Waals surface area contributed by atoms with E-state index in [1.54, 1.807) is 11.3 Å². The lowest BCUT2D eigenvalue weighted by Crippen LogP contribution is -2.43. The van der Waals surface area contributed by atoms with Gasteiger partial charge in [0.1, 0.15) is 6.10 Å². The number of hydrogen-bond acceptors (Lipinski definition) is 5. The molecule has 0 aromatic carbocycles. The molecule has 0 bridgehead atoms. The molecule has 1 atom stereocenters. The minimum Gasteiger partial charge on any atom is -0.368 e. The van der Waals surface area contributed by atoms with E-state index in [0.29, 0.717) is 19.1 Å². The first-order valence-electron chi connectivity index (χ1n) is 9.83. The lowest BCUT2D eigenvalue weighted by atomic mass is 9.85. The first kappa shape index (κ1) is 17.9. The lowest BCUT2D eigenvalue weighted by Gasteiger charge is -2.32. The number of aromatic nitrogens is 1. The van der Waals surface area contributed by atoms with Gasteiger partial charge < -0.3 is 15.0 Å². The fourth-order valence-corrected chi connectivity index (χ4v) is 4.90. The number of nitrogens with one attached hydrogen (secondary N) is 1. The second-order valence-corrected chi connectivity index (χ2v) is 8.51. The summed E-state index contributed by atoms with van der Waals surface area (Å²) in [6.45, 7) is 2.82. The van der Waals surface area contributed by atoms with Crippen LogP contribution in [0.3, 0.4) is 0 Å². The van der Waals surface area contributed by atoms with Crippen molar-refractivity contribution in [3.05, 3.63) is 16.1 Å². The average molecular weight is 378 g/mol. The maximum atomic E-state index is 12.4. The standard InChI is InChI=1S/C19H27N3O3S/c23-17(13-3-1-4-13)20-11-15-12-26-18(21-15)14-6-8-22(9-7-14)19(24)16-5-2-10-25-16/h12-14,16H,1-11H2,(H,20,23). The first-order valence-corrected chi connectivity index (χ1v) is 10.7. The van der Waals surface area contributed by atoms with Crippen molar-refractivity contribution in [3.63, 3.8) is 0 Å². The molecule has 3 fully saturated rings. The van der Waals surface area contributed by atoms with Crippen LogP contribution in [0.25, 0.3) is 0 Å². The zero-order valence-corrected chi connectivity index (χ0v) is 15.9. The number of ether oxygens (including phenoxy) is 1. The first-order chi connectivity index (χ1) is 12.7. The predicted molar refractivity (Wildman–Crippen MR) is 98.8 cm³/mol. The fourth-order valence-electron chi connectivity index (χ4n) is 3.91. The lowest BCUT2D eigenvalue weighted by molar-refractivity contribution is -0.142. The summed E-state index contributed by atoms with van der Waals surface area (Å²) in [4.78, 5) is 31.1. The van der Waals surface area contributed by atoms with Crippen molar-refractivity contribution in [2.45, 2.75) is 63.5 Å². The van der Waals surface area contributed by atoms with Crippen LogP contribution in [0, 0.1) is 5.92 Å². The van der Waals surface area contributed by atoms with Gasteiger partial charge in [0.25, 0.3) is 5.91 Å². The zero-order valence-electron chi connectivity index (χ0n) is 15.1. The SMILES string of the molecule is O=C(NCc1csc(C2CCN(C(=O)C3CCCO3)CC2)n1)C1CCC1. The highest BCUT2D eigenvalue weighted by molar-refractivity contribution is 7.09. The summed E-state index contributed by atoms with van der Waals surface area (Å²) in [5.41, 5.74) is 0.954. The number of thiazole rings is 1. The second-order valence-electron chi connectivity index (χ2n) is 7.62. The highest BCUT2D eigenvalue weighted by Gasteiger charge is 2.32. The molecule has 1 unspecified atom stereocenters. The minimum absolute atomic E-state index is 0.166. The zero-order chi connectivity index (χ0) is 17.9. The number of piperidine rings is 1. The van der Waals surface area contributed by atoms with Crippen LogP contribution in [0.1, 0.15) is 61.6 Å². The smallest absolute Gasteiger partial charge is 0.251 e. The molecule has 3 aliphatic rings. The van der Waals surface area contributed by atoms with Crippen LogP contribution < -0.4 is 5.32 Å². The Kier molecular flexibility index (Phi) is 5.55. The largest absolute Gasteiger partial charge is 0.368 e. The Labute approximate surface area is 158 Å². The van der Waals surface area contributed by atoms with Crippen LogP contribution >= 0.6 is 11.3 Å². The Balaban J connectivity index is 1.24. The van der Waals surface area contributed by atoms with Crippen LogP contribution in [-0.2, 0) is 20.9 Å². The van der Waals surface area contributed by atoms with Gasteiger partial charge in [-0.15, -0.1) is 11.3 Å². The van der Waals surface area contributed by atoms with Crippen LogP contribution in [-0.4, -0.2) is 47.5 Å². The highest BCUT2D eigenvalue weighted by atomic mass is 32.1. The van der Waals surface area contributed by atoms with E-state index in [4.69, 9.17) is 9.72 Å². The number of carbonyl (C=O) groups is 2. The third-order valence-electron chi connectivity index (χ3n) is 5.85. The summed E-state index contributed by atoms with van der Waals surface area (Å²) in [5, 5.41) is 6.21. The molecule has 0 spiro atoms. The van der Waals surface area contributed by atoms with Gasteiger partial charge in [0.05, 0.1) is 17.2 Å². The van der Waals surface area contributed by atoms with Crippen molar-refractivity contribution >= 4 is 23.2 Å². The fraction of sp³-hybridized carbons (Fsp3) is 0.737. The molecule has 2 aliphatic heterocycles. The van der Waals surface area contributed by atoms with E-state index in [1.165, 1.54) is 6.42 Å². The third-order valence-corrected chi connectivity index (χ3v) is 6.91. The summed E-state index contributed by atoms with van der Waals surface area (Å²) in [6.07, 6.45) is 6.78. The molecular weight excluding hydrogens is 350 g/mol. The predicted octanol–water partition coefficient (Wildman–Crippen LogP) is 2.44. The molecule has 0 radical (unpaired) electrons. The quantitative estimate of drug-likeness (QED) is 0.856. The molecule has 2 amide bonds. The van der Waals surface area contributed by atoms with Crippen molar-refractivity contribution in [1.29, 1.82) is 0 Å². The third kappa shape index (κ3) is 3.93. The molecule has 142 valence electrons.